The predicted molar refractivity (Wildman–Crippen MR) is 181 cm³/mol. The number of amides is 5. The van der Waals surface area contributed by atoms with Crippen LogP contribution < -0.4 is 27.0 Å². The number of benzene rings is 1. The third-order valence-electron chi connectivity index (χ3n) is 8.69. The first kappa shape index (κ1) is 40.3. The van der Waals surface area contributed by atoms with E-state index in [-0.39, 0.29) is 69.7 Å². The van der Waals surface area contributed by atoms with Crippen molar-refractivity contribution in [3.05, 3.63) is 36.0 Å². The number of rotatable bonds is 21. The van der Waals surface area contributed by atoms with Gasteiger partial charge in [-0.3, -0.25) is 28.9 Å². The number of aromatic nitrogens is 1. The van der Waals surface area contributed by atoms with E-state index in [0.29, 0.717) is 32.4 Å². The van der Waals surface area contributed by atoms with Crippen molar-refractivity contribution in [2.75, 3.05) is 39.4 Å². The summed E-state index contributed by atoms with van der Waals surface area (Å²) in [6.07, 6.45) is -0.810. The van der Waals surface area contributed by atoms with Crippen molar-refractivity contribution in [1.82, 2.24) is 31.2 Å². The highest BCUT2D eigenvalue weighted by atomic mass is 16.4. The SMILES string of the molecule is NC(=O)[C@H](Cc1c[nH]c2ccccc12)NC(=O)[C@H](CCO)NC(=O)CN1CCC(NC(=O)CCCC(=O)NCC[C@@H](O)[C@H](O)[C@H](O)CO)CC1. The lowest BCUT2D eigenvalue weighted by Gasteiger charge is -2.32. The fourth-order valence-corrected chi connectivity index (χ4v) is 5.78. The number of para-hydroxylation sites is 1. The zero-order valence-corrected chi connectivity index (χ0v) is 28.1. The summed E-state index contributed by atoms with van der Waals surface area (Å²) in [4.78, 5) is 67.6. The molecule has 1 fully saturated rings. The Morgan fingerprint density at radius 1 is 0.900 bits per heavy atom. The Bertz CT molecular complexity index is 1410. The lowest BCUT2D eigenvalue weighted by Crippen LogP contribution is -2.55. The fraction of sp³-hybridized carbons (Fsp3) is 0.606. The average Bonchev–Trinajstić information content (AvgIpc) is 3.50. The molecular weight excluding hydrogens is 654 g/mol. The number of nitrogens with two attached hydrogens (primary N) is 1. The van der Waals surface area contributed by atoms with Crippen LogP contribution in [0.25, 0.3) is 10.9 Å². The van der Waals surface area contributed by atoms with Gasteiger partial charge in [-0.25, -0.2) is 0 Å². The van der Waals surface area contributed by atoms with E-state index in [1.807, 2.05) is 29.2 Å². The van der Waals surface area contributed by atoms with Gasteiger partial charge >= 0.3 is 0 Å². The molecule has 17 nitrogen and oxygen atoms in total. The summed E-state index contributed by atoms with van der Waals surface area (Å²) in [5.41, 5.74) is 7.26. The van der Waals surface area contributed by atoms with Gasteiger partial charge in [0.15, 0.2) is 0 Å². The van der Waals surface area contributed by atoms with E-state index < -0.39 is 54.7 Å². The number of likely N-dealkylation sites (tertiary alicyclic amines) is 1. The first-order chi connectivity index (χ1) is 23.9. The molecule has 0 spiro atoms. The van der Waals surface area contributed by atoms with Crippen LogP contribution in [-0.4, -0.2) is 141 Å². The molecule has 0 saturated carbocycles. The fourth-order valence-electron chi connectivity index (χ4n) is 5.78. The number of primary amides is 1. The molecule has 1 aromatic carbocycles. The number of fused-ring (bicyclic) bond motifs is 1. The van der Waals surface area contributed by atoms with E-state index in [4.69, 9.17) is 10.8 Å². The smallest absolute Gasteiger partial charge is 0.243 e. The van der Waals surface area contributed by atoms with Crippen molar-refractivity contribution in [3.8, 4) is 0 Å². The third-order valence-corrected chi connectivity index (χ3v) is 8.69. The van der Waals surface area contributed by atoms with Gasteiger partial charge in [-0.05, 0) is 43.7 Å². The molecule has 0 unspecified atom stereocenters. The Hall–Kier alpha value is -4.13. The molecular formula is C33H51N7O10. The van der Waals surface area contributed by atoms with Gasteiger partial charge in [-0.2, -0.15) is 0 Å². The molecule has 1 saturated heterocycles. The summed E-state index contributed by atoms with van der Waals surface area (Å²) in [7, 11) is 0. The summed E-state index contributed by atoms with van der Waals surface area (Å²) in [6, 6.07) is 5.29. The highest BCUT2D eigenvalue weighted by Gasteiger charge is 2.28. The minimum Gasteiger partial charge on any atom is -0.396 e. The van der Waals surface area contributed by atoms with Gasteiger partial charge in [-0.1, -0.05) is 18.2 Å². The first-order valence-electron chi connectivity index (χ1n) is 16.9. The summed E-state index contributed by atoms with van der Waals surface area (Å²) in [5, 5.41) is 58.8. The van der Waals surface area contributed by atoms with Crippen molar-refractivity contribution in [2.45, 2.75) is 87.8 Å². The molecule has 5 amide bonds. The van der Waals surface area contributed by atoms with E-state index in [0.717, 1.165) is 16.5 Å². The minimum absolute atomic E-state index is 0.00240. The maximum absolute atomic E-state index is 13.1. The van der Waals surface area contributed by atoms with E-state index in [2.05, 4.69) is 26.3 Å². The largest absolute Gasteiger partial charge is 0.396 e. The van der Waals surface area contributed by atoms with Crippen LogP contribution in [0.15, 0.2) is 30.5 Å². The number of aliphatic hydroxyl groups is 5. The number of aromatic amines is 1. The normalized spacial score (nSPS) is 16.9. The molecule has 0 aliphatic carbocycles. The molecule has 1 aliphatic rings. The van der Waals surface area contributed by atoms with E-state index in [1.54, 1.807) is 6.20 Å². The number of hydrogen-bond donors (Lipinski definition) is 11. The number of nitrogens with zero attached hydrogens (tertiary/aromatic N) is 1. The number of aliphatic hydroxyl groups excluding tert-OH is 5. The van der Waals surface area contributed by atoms with Crippen LogP contribution in [0.1, 0.15) is 50.5 Å². The van der Waals surface area contributed by atoms with Crippen LogP contribution in [-0.2, 0) is 30.4 Å². The Morgan fingerprint density at radius 3 is 2.28 bits per heavy atom. The molecule has 1 aromatic heterocycles. The standard InChI is InChI=1S/C33H51N7O10/c34-32(49)25(16-20-17-36-23-5-2-1-4-22(20)23)39-33(50)24(11-15-41)38-30(47)18-40-13-9-21(10-14-40)37-29(46)7-3-6-28(45)35-12-8-26(43)31(48)27(44)19-42/h1-2,4-5,17,21,24-27,31,36,41-44,48H,3,6-16,18-19H2,(H2,34,49)(H,35,45)(H,37,46)(H,38,47)(H,39,50)/t24-,25-,26+,27+,31-/m0/s1. The van der Waals surface area contributed by atoms with Crippen LogP contribution in [0.5, 0.6) is 0 Å². The highest BCUT2D eigenvalue weighted by molar-refractivity contribution is 5.92. The van der Waals surface area contributed by atoms with Crippen LogP contribution in [0, 0.1) is 0 Å². The number of nitrogens with one attached hydrogen (secondary N) is 5. The van der Waals surface area contributed by atoms with Gasteiger partial charge in [-0.15, -0.1) is 0 Å². The Balaban J connectivity index is 1.34. The maximum atomic E-state index is 13.1. The second-order valence-corrected chi connectivity index (χ2v) is 12.6. The topological polar surface area (TPSA) is 280 Å². The second kappa shape index (κ2) is 20.5. The molecule has 2 heterocycles. The molecule has 1 aliphatic heterocycles. The van der Waals surface area contributed by atoms with Gasteiger partial charge in [0.05, 0.1) is 19.3 Å². The highest BCUT2D eigenvalue weighted by Crippen LogP contribution is 2.19. The number of piperidine rings is 1. The van der Waals surface area contributed by atoms with Gasteiger partial charge in [0.25, 0.3) is 0 Å². The van der Waals surface area contributed by atoms with Gasteiger partial charge in [0, 0.05) is 68.6 Å². The zero-order valence-electron chi connectivity index (χ0n) is 28.1. The summed E-state index contributed by atoms with van der Waals surface area (Å²) >= 11 is 0. The van der Waals surface area contributed by atoms with Crippen molar-refractivity contribution in [2.24, 2.45) is 5.73 Å². The average molecular weight is 706 g/mol. The Morgan fingerprint density at radius 2 is 1.60 bits per heavy atom. The van der Waals surface area contributed by atoms with Crippen molar-refractivity contribution < 1.29 is 49.5 Å². The van der Waals surface area contributed by atoms with E-state index in [9.17, 15) is 44.4 Å². The molecule has 12 N–H and O–H groups in total. The van der Waals surface area contributed by atoms with Crippen LogP contribution in [0.4, 0.5) is 0 Å². The number of carbonyl (C=O) groups excluding carboxylic acids is 5. The zero-order chi connectivity index (χ0) is 36.6. The Kier molecular flexibility index (Phi) is 16.5. The van der Waals surface area contributed by atoms with E-state index in [1.165, 1.54) is 0 Å². The quantitative estimate of drug-likeness (QED) is 0.0618. The van der Waals surface area contributed by atoms with Gasteiger partial charge in [0.1, 0.15) is 24.3 Å². The monoisotopic (exact) mass is 705 g/mol. The summed E-state index contributed by atoms with van der Waals surface area (Å²) in [5.74, 6) is -2.33. The third kappa shape index (κ3) is 13.0. The lowest BCUT2D eigenvalue weighted by atomic mass is 10.0. The van der Waals surface area contributed by atoms with Gasteiger partial charge < -0.3 is 57.5 Å². The van der Waals surface area contributed by atoms with Crippen molar-refractivity contribution in [3.63, 3.8) is 0 Å². The summed E-state index contributed by atoms with van der Waals surface area (Å²) in [6.45, 7) is 0.00940. The van der Waals surface area contributed by atoms with Gasteiger partial charge in [0.2, 0.25) is 29.5 Å². The van der Waals surface area contributed by atoms with Crippen LogP contribution >= 0.6 is 0 Å². The number of carbonyl (C=O) groups is 5. The minimum atomic E-state index is -1.53. The van der Waals surface area contributed by atoms with Crippen LogP contribution in [0.2, 0.25) is 0 Å². The second-order valence-electron chi connectivity index (χ2n) is 12.6. The van der Waals surface area contributed by atoms with Crippen LogP contribution in [0.3, 0.4) is 0 Å². The lowest BCUT2D eigenvalue weighted by molar-refractivity contribution is -0.132. The molecule has 278 valence electrons. The van der Waals surface area contributed by atoms with E-state index >= 15 is 0 Å². The maximum Gasteiger partial charge on any atom is 0.243 e. The molecule has 5 atom stereocenters. The summed E-state index contributed by atoms with van der Waals surface area (Å²) < 4.78 is 0. The molecule has 0 radical (unpaired) electrons. The first-order valence-corrected chi connectivity index (χ1v) is 16.9. The van der Waals surface area contributed by atoms with Crippen molar-refractivity contribution in [1.29, 1.82) is 0 Å². The number of hydrogen-bond acceptors (Lipinski definition) is 11. The molecule has 3 rings (SSSR count). The molecule has 50 heavy (non-hydrogen) atoms. The molecule has 2 aromatic rings. The predicted octanol–water partition coefficient (Wildman–Crippen LogP) is -3.12. The molecule has 17 heteroatoms. The Labute approximate surface area is 290 Å². The molecule has 0 bridgehead atoms. The number of H-pyrrole nitrogens is 1. The van der Waals surface area contributed by atoms with Crippen molar-refractivity contribution >= 4 is 40.4 Å².